The Labute approximate surface area is 122 Å². The molecule has 1 aromatic heterocycles. The summed E-state index contributed by atoms with van der Waals surface area (Å²) < 4.78 is 19.1. The smallest absolute Gasteiger partial charge is 0.164 e. The van der Waals surface area contributed by atoms with Gasteiger partial charge in [-0.2, -0.15) is 0 Å². The third-order valence-corrected chi connectivity index (χ3v) is 3.26. The first-order valence-electron chi connectivity index (χ1n) is 6.64. The van der Waals surface area contributed by atoms with E-state index in [2.05, 4.69) is 5.32 Å². The molecule has 4 nitrogen and oxygen atoms in total. The van der Waals surface area contributed by atoms with Crippen molar-refractivity contribution >= 4 is 11.5 Å². The van der Waals surface area contributed by atoms with Crippen molar-refractivity contribution in [3.63, 3.8) is 0 Å². The van der Waals surface area contributed by atoms with E-state index in [1.165, 1.54) is 19.1 Å². The average Bonchev–Trinajstić information content (AvgIpc) is 2.83. The van der Waals surface area contributed by atoms with Crippen LogP contribution in [-0.2, 0) is 5.60 Å². The molecule has 0 radical (unpaired) electrons. The fraction of sp³-hybridized carbons (Fsp3) is 0.312. The van der Waals surface area contributed by atoms with E-state index >= 15 is 0 Å². The van der Waals surface area contributed by atoms with Crippen LogP contribution in [0.5, 0.6) is 0 Å². The van der Waals surface area contributed by atoms with Gasteiger partial charge in [-0.3, -0.25) is 4.79 Å². The lowest BCUT2D eigenvalue weighted by molar-refractivity contribution is 0.0467. The van der Waals surface area contributed by atoms with Crippen LogP contribution in [0.2, 0.25) is 0 Å². The van der Waals surface area contributed by atoms with Crippen LogP contribution in [0.15, 0.2) is 34.7 Å². The number of halogens is 1. The molecule has 0 aliphatic heterocycles. The number of ketones is 1. The zero-order valence-corrected chi connectivity index (χ0v) is 12.2. The van der Waals surface area contributed by atoms with E-state index in [9.17, 15) is 14.3 Å². The Morgan fingerprint density at radius 2 is 2.10 bits per heavy atom. The molecule has 0 fully saturated rings. The molecule has 5 heteroatoms. The predicted molar refractivity (Wildman–Crippen MR) is 77.9 cm³/mol. The van der Waals surface area contributed by atoms with E-state index in [0.29, 0.717) is 17.2 Å². The lowest BCUT2D eigenvalue weighted by Crippen LogP contribution is -2.30. The summed E-state index contributed by atoms with van der Waals surface area (Å²) in [5.74, 6) is 0.152. The van der Waals surface area contributed by atoms with E-state index in [-0.39, 0.29) is 17.9 Å². The highest BCUT2D eigenvalue weighted by atomic mass is 19.1. The second kappa shape index (κ2) is 5.69. The Morgan fingerprint density at radius 1 is 1.38 bits per heavy atom. The number of carbonyl (C=O) groups is 1. The van der Waals surface area contributed by atoms with Crippen molar-refractivity contribution in [2.24, 2.45) is 0 Å². The largest absolute Gasteiger partial charge is 0.463 e. The summed E-state index contributed by atoms with van der Waals surface area (Å²) in [6.07, 6.45) is 0. The number of hydrogen-bond acceptors (Lipinski definition) is 4. The Kier molecular flexibility index (Phi) is 4.14. The summed E-state index contributed by atoms with van der Waals surface area (Å²) in [5, 5.41) is 13.3. The van der Waals surface area contributed by atoms with Crippen molar-refractivity contribution in [1.82, 2.24) is 0 Å². The predicted octanol–water partition coefficient (Wildman–Crippen LogP) is 3.25. The van der Waals surface area contributed by atoms with Crippen molar-refractivity contribution in [2.75, 3.05) is 11.9 Å². The van der Waals surface area contributed by atoms with Crippen LogP contribution in [0, 0.1) is 12.7 Å². The summed E-state index contributed by atoms with van der Waals surface area (Å²) in [6.45, 7) is 4.76. The molecule has 0 aliphatic rings. The first kappa shape index (κ1) is 15.3. The molecule has 1 unspecified atom stereocenters. The van der Waals surface area contributed by atoms with Crippen LogP contribution in [0.3, 0.4) is 0 Å². The minimum atomic E-state index is -1.27. The Bertz CT molecular complexity index is 661. The van der Waals surface area contributed by atoms with Gasteiger partial charge < -0.3 is 14.8 Å². The monoisotopic (exact) mass is 291 g/mol. The summed E-state index contributed by atoms with van der Waals surface area (Å²) in [6, 6.07) is 7.79. The van der Waals surface area contributed by atoms with Gasteiger partial charge in [0.2, 0.25) is 0 Å². The Hall–Kier alpha value is -2.14. The van der Waals surface area contributed by atoms with E-state index in [1.54, 1.807) is 32.0 Å². The number of Topliss-reactive ketones (excluding diaryl/α,β-unsaturated/α-hetero) is 1. The highest BCUT2D eigenvalue weighted by Gasteiger charge is 2.27. The molecular weight excluding hydrogens is 273 g/mol. The summed E-state index contributed by atoms with van der Waals surface area (Å²) in [4.78, 5) is 11.5. The van der Waals surface area contributed by atoms with Gasteiger partial charge >= 0.3 is 0 Å². The molecule has 0 saturated heterocycles. The third kappa shape index (κ3) is 3.31. The standard InChI is InChI=1S/C16H18FNO3/c1-10-7-8-14(21-10)16(3,20)9-18-13-6-4-5-12(17)15(13)11(2)19/h4-8,18,20H,9H2,1-3H3. The number of aryl methyl sites for hydroxylation is 1. The Balaban J connectivity index is 2.20. The second-order valence-electron chi connectivity index (χ2n) is 5.26. The maximum absolute atomic E-state index is 13.7. The zero-order chi connectivity index (χ0) is 15.6. The average molecular weight is 291 g/mol. The van der Waals surface area contributed by atoms with Crippen LogP contribution < -0.4 is 5.32 Å². The fourth-order valence-corrected chi connectivity index (χ4v) is 2.11. The molecule has 112 valence electrons. The number of aliphatic hydroxyl groups is 1. The van der Waals surface area contributed by atoms with Crippen LogP contribution in [0.1, 0.15) is 35.7 Å². The van der Waals surface area contributed by atoms with E-state index in [4.69, 9.17) is 4.42 Å². The number of nitrogens with one attached hydrogen (secondary N) is 1. The lowest BCUT2D eigenvalue weighted by Gasteiger charge is -2.22. The molecule has 21 heavy (non-hydrogen) atoms. The van der Waals surface area contributed by atoms with Gasteiger partial charge in [-0.05, 0) is 45.0 Å². The summed E-state index contributed by atoms with van der Waals surface area (Å²) >= 11 is 0. The maximum atomic E-state index is 13.7. The molecule has 2 N–H and O–H groups in total. The van der Waals surface area contributed by atoms with Crippen molar-refractivity contribution in [1.29, 1.82) is 0 Å². The normalized spacial score (nSPS) is 13.8. The molecule has 0 aliphatic carbocycles. The fourth-order valence-electron chi connectivity index (χ4n) is 2.11. The maximum Gasteiger partial charge on any atom is 0.164 e. The minimum Gasteiger partial charge on any atom is -0.463 e. The lowest BCUT2D eigenvalue weighted by atomic mass is 10.0. The van der Waals surface area contributed by atoms with Crippen molar-refractivity contribution < 1.29 is 18.7 Å². The van der Waals surface area contributed by atoms with Crippen LogP contribution >= 0.6 is 0 Å². The molecule has 2 aromatic rings. The molecule has 1 aromatic carbocycles. The molecule has 2 rings (SSSR count). The minimum absolute atomic E-state index is 0.0103. The van der Waals surface area contributed by atoms with Crippen molar-refractivity contribution in [2.45, 2.75) is 26.4 Å². The molecule has 1 heterocycles. The molecule has 1 atom stereocenters. The Morgan fingerprint density at radius 3 is 2.67 bits per heavy atom. The van der Waals surface area contributed by atoms with Crippen LogP contribution in [0.25, 0.3) is 0 Å². The van der Waals surface area contributed by atoms with E-state index < -0.39 is 11.4 Å². The summed E-state index contributed by atoms with van der Waals surface area (Å²) in [7, 11) is 0. The second-order valence-corrected chi connectivity index (χ2v) is 5.26. The SMILES string of the molecule is CC(=O)c1c(F)cccc1NCC(C)(O)c1ccc(C)o1. The number of rotatable bonds is 5. The number of hydrogen-bond donors (Lipinski definition) is 2. The number of carbonyl (C=O) groups excluding carboxylic acids is 1. The molecule has 0 bridgehead atoms. The number of benzene rings is 1. The zero-order valence-electron chi connectivity index (χ0n) is 12.2. The quantitative estimate of drug-likeness (QED) is 0.830. The highest BCUT2D eigenvalue weighted by Crippen LogP contribution is 2.25. The van der Waals surface area contributed by atoms with Gasteiger partial charge in [0.15, 0.2) is 5.78 Å². The summed E-state index contributed by atoms with van der Waals surface area (Å²) in [5.41, 5.74) is -0.927. The van der Waals surface area contributed by atoms with Crippen LogP contribution in [-0.4, -0.2) is 17.4 Å². The molecular formula is C16H18FNO3. The molecule has 0 spiro atoms. The van der Waals surface area contributed by atoms with E-state index in [0.717, 1.165) is 0 Å². The van der Waals surface area contributed by atoms with Gasteiger partial charge in [0.1, 0.15) is 22.9 Å². The molecule has 0 saturated carbocycles. The molecule has 0 amide bonds. The van der Waals surface area contributed by atoms with Gasteiger partial charge in [-0.25, -0.2) is 4.39 Å². The van der Waals surface area contributed by atoms with Crippen molar-refractivity contribution in [3.8, 4) is 0 Å². The third-order valence-electron chi connectivity index (χ3n) is 3.26. The van der Waals surface area contributed by atoms with Gasteiger partial charge in [0.25, 0.3) is 0 Å². The van der Waals surface area contributed by atoms with Gasteiger partial charge in [-0.1, -0.05) is 6.07 Å². The first-order valence-corrected chi connectivity index (χ1v) is 6.64. The van der Waals surface area contributed by atoms with Crippen molar-refractivity contribution in [3.05, 3.63) is 53.2 Å². The highest BCUT2D eigenvalue weighted by molar-refractivity contribution is 5.99. The number of furan rings is 1. The number of anilines is 1. The van der Waals surface area contributed by atoms with Gasteiger partial charge in [-0.15, -0.1) is 0 Å². The van der Waals surface area contributed by atoms with Gasteiger partial charge in [0, 0.05) is 5.69 Å². The van der Waals surface area contributed by atoms with E-state index in [1.807, 2.05) is 0 Å². The topological polar surface area (TPSA) is 62.5 Å². The first-order chi connectivity index (χ1) is 9.81. The van der Waals surface area contributed by atoms with Gasteiger partial charge in [0.05, 0.1) is 12.1 Å². The van der Waals surface area contributed by atoms with Crippen LogP contribution in [0.4, 0.5) is 10.1 Å².